The SMILES string of the molecule is CC(=O)N(C[C@@H]1CCc2ccccc2C1=O)[C@H](C(=O)O)C(C)C. The number of benzene rings is 1. The van der Waals surface area contributed by atoms with E-state index in [2.05, 4.69) is 0 Å². The van der Waals surface area contributed by atoms with Crippen LogP contribution in [0.2, 0.25) is 0 Å². The van der Waals surface area contributed by atoms with Crippen LogP contribution in [0.4, 0.5) is 0 Å². The van der Waals surface area contributed by atoms with Gasteiger partial charge in [-0.05, 0) is 24.3 Å². The van der Waals surface area contributed by atoms with Gasteiger partial charge in [0.1, 0.15) is 6.04 Å². The molecule has 0 saturated carbocycles. The Morgan fingerprint density at radius 2 is 1.96 bits per heavy atom. The fourth-order valence-corrected chi connectivity index (χ4v) is 3.29. The highest BCUT2D eigenvalue weighted by molar-refractivity contribution is 6.00. The van der Waals surface area contributed by atoms with E-state index in [4.69, 9.17) is 0 Å². The Balaban J connectivity index is 2.23. The highest BCUT2D eigenvalue weighted by atomic mass is 16.4. The number of hydrogen-bond acceptors (Lipinski definition) is 3. The van der Waals surface area contributed by atoms with Gasteiger partial charge in [0.05, 0.1) is 0 Å². The van der Waals surface area contributed by atoms with Crippen molar-refractivity contribution in [1.29, 1.82) is 0 Å². The van der Waals surface area contributed by atoms with Crippen molar-refractivity contribution in [2.75, 3.05) is 6.54 Å². The van der Waals surface area contributed by atoms with E-state index in [0.29, 0.717) is 12.0 Å². The van der Waals surface area contributed by atoms with Gasteiger partial charge in [0.25, 0.3) is 0 Å². The molecule has 5 nitrogen and oxygen atoms in total. The van der Waals surface area contributed by atoms with Gasteiger partial charge in [-0.3, -0.25) is 9.59 Å². The second-order valence-electron chi connectivity index (χ2n) is 6.46. The molecule has 23 heavy (non-hydrogen) atoms. The second-order valence-corrected chi connectivity index (χ2v) is 6.46. The summed E-state index contributed by atoms with van der Waals surface area (Å²) < 4.78 is 0. The summed E-state index contributed by atoms with van der Waals surface area (Å²) in [6.45, 7) is 5.07. The lowest BCUT2D eigenvalue weighted by atomic mass is 9.82. The van der Waals surface area contributed by atoms with Crippen LogP contribution in [-0.2, 0) is 16.0 Å². The van der Waals surface area contributed by atoms with Gasteiger partial charge >= 0.3 is 5.97 Å². The first-order valence-electron chi connectivity index (χ1n) is 7.95. The molecule has 0 heterocycles. The van der Waals surface area contributed by atoms with Gasteiger partial charge < -0.3 is 10.0 Å². The van der Waals surface area contributed by atoms with E-state index in [-0.39, 0.29) is 30.1 Å². The minimum Gasteiger partial charge on any atom is -0.480 e. The highest BCUT2D eigenvalue weighted by Gasteiger charge is 2.35. The zero-order valence-corrected chi connectivity index (χ0v) is 13.8. The molecule has 0 bridgehead atoms. The summed E-state index contributed by atoms with van der Waals surface area (Å²) in [4.78, 5) is 37.5. The van der Waals surface area contributed by atoms with Crippen LogP contribution in [-0.4, -0.2) is 40.3 Å². The maximum Gasteiger partial charge on any atom is 0.326 e. The van der Waals surface area contributed by atoms with E-state index < -0.39 is 12.0 Å². The average Bonchev–Trinajstić information content (AvgIpc) is 2.48. The molecule has 124 valence electrons. The molecule has 1 amide bonds. The molecule has 1 aromatic rings. The fraction of sp³-hybridized carbons (Fsp3) is 0.500. The number of Topliss-reactive ketones (excluding diaryl/α,β-unsaturated/α-hetero) is 1. The van der Waals surface area contributed by atoms with Gasteiger partial charge in [-0.1, -0.05) is 38.1 Å². The minimum absolute atomic E-state index is 0.00555. The smallest absolute Gasteiger partial charge is 0.326 e. The van der Waals surface area contributed by atoms with Crippen LogP contribution >= 0.6 is 0 Å². The number of carbonyl (C=O) groups is 3. The van der Waals surface area contributed by atoms with Crippen LogP contribution in [0, 0.1) is 11.8 Å². The van der Waals surface area contributed by atoms with Gasteiger partial charge in [0.15, 0.2) is 5.78 Å². The number of fused-ring (bicyclic) bond motifs is 1. The van der Waals surface area contributed by atoms with Gasteiger partial charge in [0.2, 0.25) is 5.91 Å². The van der Waals surface area contributed by atoms with Crippen molar-refractivity contribution in [3.8, 4) is 0 Å². The van der Waals surface area contributed by atoms with Crippen molar-refractivity contribution in [1.82, 2.24) is 4.90 Å². The van der Waals surface area contributed by atoms with Crippen molar-refractivity contribution >= 4 is 17.7 Å². The van der Waals surface area contributed by atoms with E-state index in [1.165, 1.54) is 11.8 Å². The molecule has 1 aromatic carbocycles. The molecule has 1 aliphatic rings. The molecule has 2 rings (SSSR count). The number of aryl methyl sites for hydroxylation is 1. The molecule has 0 spiro atoms. The highest BCUT2D eigenvalue weighted by Crippen LogP contribution is 2.27. The third-order valence-electron chi connectivity index (χ3n) is 4.46. The Morgan fingerprint density at radius 1 is 1.30 bits per heavy atom. The van der Waals surface area contributed by atoms with Crippen molar-refractivity contribution < 1.29 is 19.5 Å². The predicted molar refractivity (Wildman–Crippen MR) is 86.2 cm³/mol. The molecule has 5 heteroatoms. The van der Waals surface area contributed by atoms with Gasteiger partial charge in [0, 0.05) is 24.9 Å². The molecular formula is C18H23NO4. The number of carbonyl (C=O) groups excluding carboxylic acids is 2. The lowest BCUT2D eigenvalue weighted by Gasteiger charge is -2.34. The van der Waals surface area contributed by atoms with Crippen LogP contribution in [0.15, 0.2) is 24.3 Å². The third kappa shape index (κ3) is 3.60. The van der Waals surface area contributed by atoms with Crippen LogP contribution in [0.3, 0.4) is 0 Å². The number of aliphatic carboxylic acids is 1. The van der Waals surface area contributed by atoms with Crippen molar-refractivity contribution in [2.45, 2.75) is 39.7 Å². The Morgan fingerprint density at radius 3 is 2.52 bits per heavy atom. The van der Waals surface area contributed by atoms with E-state index in [1.807, 2.05) is 18.2 Å². The average molecular weight is 317 g/mol. The summed E-state index contributed by atoms with van der Waals surface area (Å²) in [6.07, 6.45) is 1.42. The van der Waals surface area contributed by atoms with E-state index in [9.17, 15) is 19.5 Å². The lowest BCUT2D eigenvalue weighted by Crippen LogP contribution is -2.50. The molecule has 0 saturated heterocycles. The van der Waals surface area contributed by atoms with Crippen molar-refractivity contribution in [2.24, 2.45) is 11.8 Å². The molecule has 1 N–H and O–H groups in total. The number of amides is 1. The quantitative estimate of drug-likeness (QED) is 0.905. The molecule has 2 atom stereocenters. The van der Waals surface area contributed by atoms with Gasteiger partial charge in [-0.25, -0.2) is 4.79 Å². The molecule has 0 fully saturated rings. The molecule has 0 aromatic heterocycles. The van der Waals surface area contributed by atoms with Crippen molar-refractivity contribution in [3.05, 3.63) is 35.4 Å². The van der Waals surface area contributed by atoms with Crippen LogP contribution in [0.1, 0.15) is 43.1 Å². The normalized spacial score (nSPS) is 18.4. The minimum atomic E-state index is -1.03. The Labute approximate surface area is 136 Å². The number of rotatable bonds is 5. The first kappa shape index (κ1) is 17.2. The maximum atomic E-state index is 12.7. The lowest BCUT2D eigenvalue weighted by molar-refractivity contribution is -0.151. The Kier molecular flexibility index (Phi) is 5.19. The maximum absolute atomic E-state index is 12.7. The molecule has 0 unspecified atom stereocenters. The number of ketones is 1. The topological polar surface area (TPSA) is 74.7 Å². The van der Waals surface area contributed by atoms with E-state index in [0.717, 1.165) is 12.0 Å². The Hall–Kier alpha value is -2.17. The largest absolute Gasteiger partial charge is 0.480 e. The van der Waals surface area contributed by atoms with Crippen LogP contribution in [0.25, 0.3) is 0 Å². The predicted octanol–water partition coefficient (Wildman–Crippen LogP) is 2.39. The monoisotopic (exact) mass is 317 g/mol. The second kappa shape index (κ2) is 6.94. The number of carboxylic acid groups (broad SMARTS) is 1. The van der Waals surface area contributed by atoms with E-state index >= 15 is 0 Å². The first-order valence-corrected chi connectivity index (χ1v) is 7.95. The summed E-state index contributed by atoms with van der Waals surface area (Å²) >= 11 is 0. The third-order valence-corrected chi connectivity index (χ3v) is 4.46. The summed E-state index contributed by atoms with van der Waals surface area (Å²) in [7, 11) is 0. The summed E-state index contributed by atoms with van der Waals surface area (Å²) in [5.74, 6) is -1.89. The number of nitrogens with zero attached hydrogens (tertiary/aromatic N) is 1. The zero-order chi connectivity index (χ0) is 17.1. The van der Waals surface area contributed by atoms with E-state index in [1.54, 1.807) is 19.9 Å². The summed E-state index contributed by atoms with van der Waals surface area (Å²) in [5.41, 5.74) is 1.73. The molecule has 0 aliphatic heterocycles. The van der Waals surface area contributed by atoms with Gasteiger partial charge in [-0.2, -0.15) is 0 Å². The summed E-state index contributed by atoms with van der Waals surface area (Å²) in [6, 6.07) is 6.58. The molecule has 1 aliphatic carbocycles. The molecular weight excluding hydrogens is 294 g/mol. The van der Waals surface area contributed by atoms with Crippen LogP contribution in [0.5, 0.6) is 0 Å². The first-order chi connectivity index (χ1) is 10.8. The van der Waals surface area contributed by atoms with Crippen molar-refractivity contribution in [3.63, 3.8) is 0 Å². The Bertz CT molecular complexity index is 623. The van der Waals surface area contributed by atoms with Gasteiger partial charge in [-0.15, -0.1) is 0 Å². The fourth-order valence-electron chi connectivity index (χ4n) is 3.29. The molecule has 0 radical (unpaired) electrons. The number of carboxylic acids is 1. The van der Waals surface area contributed by atoms with Crippen LogP contribution < -0.4 is 0 Å². The number of hydrogen-bond donors (Lipinski definition) is 1. The standard InChI is InChI=1S/C18H23NO4/c1-11(2)16(18(22)23)19(12(3)20)10-14-9-8-13-6-4-5-7-15(13)17(14)21/h4-7,11,14,16H,8-10H2,1-3H3,(H,22,23)/t14-,16-/m0/s1. The zero-order valence-electron chi connectivity index (χ0n) is 13.8. The summed E-state index contributed by atoms with van der Waals surface area (Å²) in [5, 5.41) is 9.44.